The lowest BCUT2D eigenvalue weighted by Gasteiger charge is -2.28. The predicted molar refractivity (Wildman–Crippen MR) is 117 cm³/mol. The van der Waals surface area contributed by atoms with Gasteiger partial charge in [-0.1, -0.05) is 12.1 Å². The third kappa shape index (κ3) is 4.08. The molecule has 0 radical (unpaired) electrons. The van der Waals surface area contributed by atoms with E-state index in [1.54, 1.807) is 22.3 Å². The van der Waals surface area contributed by atoms with Crippen LogP contribution in [0.25, 0.3) is 11.3 Å². The number of thiazole rings is 1. The van der Waals surface area contributed by atoms with Gasteiger partial charge in [0.25, 0.3) is 5.91 Å². The quantitative estimate of drug-likeness (QED) is 0.599. The first-order valence-electron chi connectivity index (χ1n) is 9.03. The number of nitrogens with one attached hydrogen (secondary N) is 1. The Labute approximate surface area is 176 Å². The Balaban J connectivity index is 1.58. The number of thiophene rings is 1. The monoisotopic (exact) mass is 425 g/mol. The molecule has 0 aliphatic carbocycles. The SMILES string of the molecule is C=CCN1C(=O)COc2ccc(-c3nc(NC(=O)Cc4cccs4)sc3C)cc21. The minimum absolute atomic E-state index is 0.0241. The highest BCUT2D eigenvalue weighted by atomic mass is 32.1. The van der Waals surface area contributed by atoms with Crippen molar-refractivity contribution in [2.75, 3.05) is 23.4 Å². The lowest BCUT2D eigenvalue weighted by atomic mass is 10.1. The maximum absolute atomic E-state index is 12.3. The average molecular weight is 426 g/mol. The first kappa shape index (κ1) is 19.4. The van der Waals surface area contributed by atoms with Gasteiger partial charge in [0.05, 0.1) is 17.8 Å². The molecule has 0 spiro atoms. The summed E-state index contributed by atoms with van der Waals surface area (Å²) in [5.41, 5.74) is 2.35. The van der Waals surface area contributed by atoms with E-state index in [9.17, 15) is 9.59 Å². The van der Waals surface area contributed by atoms with Crippen LogP contribution in [0.1, 0.15) is 9.75 Å². The van der Waals surface area contributed by atoms with Gasteiger partial charge in [-0.25, -0.2) is 4.98 Å². The topological polar surface area (TPSA) is 71.5 Å². The van der Waals surface area contributed by atoms with Crippen LogP contribution < -0.4 is 15.0 Å². The Hall–Kier alpha value is -2.97. The molecule has 3 heterocycles. The van der Waals surface area contributed by atoms with Crippen LogP contribution in [0.5, 0.6) is 5.75 Å². The molecule has 0 unspecified atom stereocenters. The van der Waals surface area contributed by atoms with Crippen molar-refractivity contribution in [1.82, 2.24) is 4.98 Å². The zero-order valence-corrected chi connectivity index (χ0v) is 17.4. The molecule has 0 saturated heterocycles. The van der Waals surface area contributed by atoms with Gasteiger partial charge in [-0.15, -0.1) is 29.3 Å². The number of carbonyl (C=O) groups excluding carboxylic acids is 2. The number of nitrogens with zero attached hydrogens (tertiary/aromatic N) is 2. The summed E-state index contributed by atoms with van der Waals surface area (Å²) in [5.74, 6) is 0.466. The molecular weight excluding hydrogens is 406 g/mol. The zero-order chi connectivity index (χ0) is 20.4. The predicted octanol–water partition coefficient (Wildman–Crippen LogP) is 4.27. The number of aryl methyl sites for hydroxylation is 1. The van der Waals surface area contributed by atoms with Gasteiger partial charge in [-0.2, -0.15) is 0 Å². The van der Waals surface area contributed by atoms with Crippen LogP contribution in [0, 0.1) is 6.92 Å². The third-order valence-corrected chi connectivity index (χ3v) is 6.21. The molecule has 6 nitrogen and oxygen atoms in total. The van der Waals surface area contributed by atoms with E-state index in [0.29, 0.717) is 29.5 Å². The molecule has 3 aromatic rings. The van der Waals surface area contributed by atoms with Gasteiger partial charge in [-0.3, -0.25) is 9.59 Å². The molecule has 1 aliphatic heterocycles. The van der Waals surface area contributed by atoms with Crippen molar-refractivity contribution in [3.05, 3.63) is 58.1 Å². The molecule has 1 aliphatic rings. The molecule has 29 heavy (non-hydrogen) atoms. The van der Waals surface area contributed by atoms with Gasteiger partial charge >= 0.3 is 0 Å². The van der Waals surface area contributed by atoms with E-state index >= 15 is 0 Å². The number of aromatic nitrogens is 1. The second-order valence-electron chi connectivity index (χ2n) is 6.49. The summed E-state index contributed by atoms with van der Waals surface area (Å²) in [4.78, 5) is 32.7. The molecule has 0 saturated carbocycles. The van der Waals surface area contributed by atoms with E-state index in [0.717, 1.165) is 21.0 Å². The van der Waals surface area contributed by atoms with E-state index in [2.05, 4.69) is 16.9 Å². The van der Waals surface area contributed by atoms with E-state index < -0.39 is 0 Å². The molecular formula is C21H19N3O3S2. The number of fused-ring (bicyclic) bond motifs is 1. The standard InChI is InChI=1S/C21H19N3O3S2/c1-3-8-24-16-10-14(6-7-17(16)27-12-19(24)26)20-13(2)29-21(23-20)22-18(25)11-15-5-4-9-28-15/h3-7,9-10H,1,8,11-12H2,2H3,(H,22,23,25). The van der Waals surface area contributed by atoms with Crippen molar-refractivity contribution in [2.24, 2.45) is 0 Å². The highest BCUT2D eigenvalue weighted by Gasteiger charge is 2.25. The number of benzene rings is 1. The molecule has 1 N–H and O–H groups in total. The summed E-state index contributed by atoms with van der Waals surface area (Å²) in [5, 5.41) is 5.40. The molecule has 0 atom stereocenters. The largest absolute Gasteiger partial charge is 0.482 e. The minimum atomic E-state index is -0.105. The summed E-state index contributed by atoms with van der Waals surface area (Å²) in [7, 11) is 0. The van der Waals surface area contributed by atoms with Gasteiger partial charge < -0.3 is 15.0 Å². The molecule has 148 valence electrons. The molecule has 0 bridgehead atoms. The van der Waals surface area contributed by atoms with Crippen molar-refractivity contribution < 1.29 is 14.3 Å². The normalized spacial score (nSPS) is 13.0. The molecule has 1 aromatic carbocycles. The van der Waals surface area contributed by atoms with Crippen LogP contribution in [0.2, 0.25) is 0 Å². The fourth-order valence-electron chi connectivity index (χ4n) is 3.13. The Morgan fingerprint density at radius 3 is 3.03 bits per heavy atom. The smallest absolute Gasteiger partial charge is 0.265 e. The molecule has 8 heteroatoms. The van der Waals surface area contributed by atoms with E-state index in [1.165, 1.54) is 11.3 Å². The number of hydrogen-bond donors (Lipinski definition) is 1. The Morgan fingerprint density at radius 2 is 2.28 bits per heavy atom. The summed E-state index contributed by atoms with van der Waals surface area (Å²) in [6.45, 7) is 6.13. The number of amides is 2. The highest BCUT2D eigenvalue weighted by Crippen LogP contribution is 2.38. The first-order chi connectivity index (χ1) is 14.0. The van der Waals surface area contributed by atoms with Crippen LogP contribution >= 0.6 is 22.7 Å². The highest BCUT2D eigenvalue weighted by molar-refractivity contribution is 7.16. The summed E-state index contributed by atoms with van der Waals surface area (Å²) >= 11 is 2.99. The Kier molecular flexibility index (Phi) is 5.46. The molecule has 2 amide bonds. The summed E-state index contributed by atoms with van der Waals surface area (Å²) in [6.07, 6.45) is 2.02. The van der Waals surface area contributed by atoms with Crippen molar-refractivity contribution >= 4 is 45.3 Å². The number of ether oxygens (including phenoxy) is 1. The number of rotatable bonds is 6. The van der Waals surface area contributed by atoms with Crippen molar-refractivity contribution in [3.63, 3.8) is 0 Å². The lowest BCUT2D eigenvalue weighted by Crippen LogP contribution is -2.38. The number of hydrogen-bond acceptors (Lipinski definition) is 6. The van der Waals surface area contributed by atoms with Crippen molar-refractivity contribution in [1.29, 1.82) is 0 Å². The molecule has 4 rings (SSSR count). The van der Waals surface area contributed by atoms with Gasteiger partial charge in [0.1, 0.15) is 5.75 Å². The van der Waals surface area contributed by atoms with Crippen LogP contribution in [0.15, 0.2) is 48.4 Å². The van der Waals surface area contributed by atoms with Crippen molar-refractivity contribution in [2.45, 2.75) is 13.3 Å². The van der Waals surface area contributed by atoms with Gasteiger partial charge in [0, 0.05) is 21.9 Å². The maximum atomic E-state index is 12.3. The molecule has 0 fully saturated rings. The fraction of sp³-hybridized carbons (Fsp3) is 0.190. The van der Waals surface area contributed by atoms with Crippen LogP contribution in [-0.2, 0) is 16.0 Å². The Morgan fingerprint density at radius 1 is 1.41 bits per heavy atom. The number of anilines is 2. The first-order valence-corrected chi connectivity index (χ1v) is 10.7. The number of carbonyl (C=O) groups is 2. The van der Waals surface area contributed by atoms with Crippen molar-refractivity contribution in [3.8, 4) is 17.0 Å². The second-order valence-corrected chi connectivity index (χ2v) is 8.73. The van der Waals surface area contributed by atoms with E-state index in [1.807, 2.05) is 42.6 Å². The Bertz CT molecular complexity index is 1070. The maximum Gasteiger partial charge on any atom is 0.265 e. The van der Waals surface area contributed by atoms with Gasteiger partial charge in [-0.05, 0) is 36.6 Å². The third-order valence-electron chi connectivity index (χ3n) is 4.44. The van der Waals surface area contributed by atoms with Crippen LogP contribution in [0.3, 0.4) is 0 Å². The van der Waals surface area contributed by atoms with Crippen LogP contribution in [0.4, 0.5) is 10.8 Å². The van der Waals surface area contributed by atoms with E-state index in [4.69, 9.17) is 4.74 Å². The summed E-state index contributed by atoms with van der Waals surface area (Å²) in [6, 6.07) is 9.53. The van der Waals surface area contributed by atoms with Gasteiger partial charge in [0.15, 0.2) is 11.7 Å². The second kappa shape index (κ2) is 8.18. The zero-order valence-electron chi connectivity index (χ0n) is 15.8. The van der Waals surface area contributed by atoms with E-state index in [-0.39, 0.29) is 18.4 Å². The van der Waals surface area contributed by atoms with Crippen LogP contribution in [-0.4, -0.2) is 29.9 Å². The average Bonchev–Trinajstić information content (AvgIpc) is 3.33. The van der Waals surface area contributed by atoms with Gasteiger partial charge in [0.2, 0.25) is 5.91 Å². The summed E-state index contributed by atoms with van der Waals surface area (Å²) < 4.78 is 5.54. The lowest BCUT2D eigenvalue weighted by molar-refractivity contribution is -0.121. The fourth-order valence-corrected chi connectivity index (χ4v) is 4.69. The minimum Gasteiger partial charge on any atom is -0.482 e. The molecule has 2 aromatic heterocycles.